The third-order valence-corrected chi connectivity index (χ3v) is 4.69. The average molecular weight is 347 g/mol. The minimum atomic E-state index is -0.149. The van der Waals surface area contributed by atoms with Gasteiger partial charge in [0.2, 0.25) is 0 Å². The molecule has 0 saturated carbocycles. The third kappa shape index (κ3) is 3.97. The largest absolute Gasteiger partial charge is 0.344 e. The van der Waals surface area contributed by atoms with Crippen LogP contribution in [0.2, 0.25) is 5.02 Å². The third-order valence-electron chi connectivity index (χ3n) is 4.45. The fourth-order valence-electron chi connectivity index (χ4n) is 3.10. The van der Waals surface area contributed by atoms with Crippen LogP contribution in [0.4, 0.5) is 0 Å². The molecule has 1 saturated heterocycles. The van der Waals surface area contributed by atoms with Crippen molar-refractivity contribution in [3.8, 4) is 0 Å². The number of benzene rings is 1. The molecule has 1 aliphatic heterocycles. The van der Waals surface area contributed by atoms with Crippen molar-refractivity contribution >= 4 is 17.5 Å². The molecule has 3 rings (SSSR count). The summed E-state index contributed by atoms with van der Waals surface area (Å²) in [5.41, 5.74) is 1.47. The summed E-state index contributed by atoms with van der Waals surface area (Å²) in [7, 11) is 0. The first-order chi connectivity index (χ1) is 11.7. The lowest BCUT2D eigenvalue weighted by Gasteiger charge is -2.23. The van der Waals surface area contributed by atoms with Gasteiger partial charge < -0.3 is 10.6 Å². The summed E-state index contributed by atoms with van der Waals surface area (Å²) in [5.74, 6) is -0.149. The molecule has 1 fully saturated rings. The predicted molar refractivity (Wildman–Crippen MR) is 95.3 cm³/mol. The van der Waals surface area contributed by atoms with Gasteiger partial charge in [0.15, 0.2) is 0 Å². The molecule has 2 aromatic rings. The first-order valence-electron chi connectivity index (χ1n) is 8.49. The van der Waals surface area contributed by atoms with Crippen LogP contribution < -0.4 is 10.6 Å². The van der Waals surface area contributed by atoms with E-state index < -0.39 is 0 Å². The molecular weight excluding hydrogens is 324 g/mol. The Hall–Kier alpha value is -1.85. The van der Waals surface area contributed by atoms with Crippen LogP contribution in [-0.4, -0.2) is 28.8 Å². The Morgan fingerprint density at radius 2 is 2.38 bits per heavy atom. The highest BCUT2D eigenvalue weighted by molar-refractivity contribution is 6.30. The van der Waals surface area contributed by atoms with Gasteiger partial charge in [-0.1, -0.05) is 30.7 Å². The number of aromatic nitrogens is 2. The summed E-state index contributed by atoms with van der Waals surface area (Å²) in [5, 5.41) is 11.6. The van der Waals surface area contributed by atoms with Gasteiger partial charge in [-0.15, -0.1) is 0 Å². The van der Waals surface area contributed by atoms with Crippen LogP contribution in [0.15, 0.2) is 36.5 Å². The highest BCUT2D eigenvalue weighted by Gasteiger charge is 2.19. The second-order valence-electron chi connectivity index (χ2n) is 6.17. The van der Waals surface area contributed by atoms with Crippen molar-refractivity contribution in [1.82, 2.24) is 20.4 Å². The molecule has 0 spiro atoms. The Kier molecular flexibility index (Phi) is 5.53. The predicted octanol–water partition coefficient (Wildman–Crippen LogP) is 3.34. The Labute approximate surface area is 147 Å². The number of carbonyl (C=O) groups is 1. The van der Waals surface area contributed by atoms with Gasteiger partial charge in [-0.3, -0.25) is 9.48 Å². The van der Waals surface area contributed by atoms with Crippen LogP contribution in [0.5, 0.6) is 0 Å². The number of hydrogen-bond donors (Lipinski definition) is 2. The molecule has 0 bridgehead atoms. The van der Waals surface area contributed by atoms with Crippen molar-refractivity contribution in [2.24, 2.45) is 0 Å². The second kappa shape index (κ2) is 7.81. The number of hydrogen-bond acceptors (Lipinski definition) is 3. The molecule has 6 heteroatoms. The number of halogens is 1. The van der Waals surface area contributed by atoms with Gasteiger partial charge in [0.25, 0.3) is 5.91 Å². The molecule has 2 unspecified atom stereocenters. The van der Waals surface area contributed by atoms with E-state index in [4.69, 9.17) is 11.6 Å². The topological polar surface area (TPSA) is 59.0 Å². The SMILES string of the molecule is CCC(NC(=O)c1ccn(C2CCCNC2)n1)c1cccc(Cl)c1. The van der Waals surface area contributed by atoms with E-state index in [2.05, 4.69) is 15.7 Å². The highest BCUT2D eigenvalue weighted by Crippen LogP contribution is 2.21. The quantitative estimate of drug-likeness (QED) is 0.873. The van der Waals surface area contributed by atoms with Crippen LogP contribution in [0.3, 0.4) is 0 Å². The molecule has 2 atom stereocenters. The van der Waals surface area contributed by atoms with Gasteiger partial charge in [0.1, 0.15) is 5.69 Å². The standard InChI is InChI=1S/C18H23ClN4O/c1-2-16(13-5-3-6-14(19)11-13)21-18(24)17-8-10-23(22-17)15-7-4-9-20-12-15/h3,5-6,8,10-11,15-16,20H,2,4,7,9,12H2,1H3,(H,21,24). The fraction of sp³-hybridized carbons (Fsp3) is 0.444. The summed E-state index contributed by atoms with van der Waals surface area (Å²) in [6.07, 6.45) is 4.92. The average Bonchev–Trinajstić information content (AvgIpc) is 3.10. The molecule has 1 aliphatic rings. The summed E-state index contributed by atoms with van der Waals surface area (Å²) in [4.78, 5) is 12.5. The van der Waals surface area contributed by atoms with Crippen molar-refractivity contribution < 1.29 is 4.79 Å². The highest BCUT2D eigenvalue weighted by atomic mass is 35.5. The zero-order valence-electron chi connectivity index (χ0n) is 13.8. The Morgan fingerprint density at radius 3 is 3.08 bits per heavy atom. The Bertz CT molecular complexity index is 694. The van der Waals surface area contributed by atoms with E-state index in [0.29, 0.717) is 16.8 Å². The maximum atomic E-state index is 12.5. The van der Waals surface area contributed by atoms with Gasteiger partial charge in [-0.2, -0.15) is 5.10 Å². The lowest BCUT2D eigenvalue weighted by atomic mass is 10.0. The molecule has 1 aromatic heterocycles. The number of rotatable bonds is 5. The van der Waals surface area contributed by atoms with Gasteiger partial charge in [-0.25, -0.2) is 0 Å². The zero-order valence-corrected chi connectivity index (χ0v) is 14.6. The smallest absolute Gasteiger partial charge is 0.272 e. The van der Waals surface area contributed by atoms with Crippen LogP contribution in [0.1, 0.15) is 54.3 Å². The van der Waals surface area contributed by atoms with Gasteiger partial charge in [0.05, 0.1) is 12.1 Å². The summed E-state index contributed by atoms with van der Waals surface area (Å²) >= 11 is 6.05. The fourth-order valence-corrected chi connectivity index (χ4v) is 3.30. The van der Waals surface area contributed by atoms with E-state index in [-0.39, 0.29) is 11.9 Å². The number of carbonyl (C=O) groups excluding carboxylic acids is 1. The summed E-state index contributed by atoms with van der Waals surface area (Å²) in [6.45, 7) is 4.00. The first kappa shape index (κ1) is 17.0. The van der Waals surface area contributed by atoms with Crippen molar-refractivity contribution in [1.29, 1.82) is 0 Å². The van der Waals surface area contributed by atoms with Crippen molar-refractivity contribution in [3.05, 3.63) is 52.8 Å². The van der Waals surface area contributed by atoms with E-state index in [9.17, 15) is 4.79 Å². The molecule has 0 aliphatic carbocycles. The number of amides is 1. The van der Waals surface area contributed by atoms with Gasteiger partial charge >= 0.3 is 0 Å². The molecule has 5 nitrogen and oxygen atoms in total. The van der Waals surface area contributed by atoms with Crippen LogP contribution in [0.25, 0.3) is 0 Å². The molecule has 128 valence electrons. The van der Waals surface area contributed by atoms with E-state index in [0.717, 1.165) is 37.9 Å². The minimum absolute atomic E-state index is 0.0716. The molecule has 0 radical (unpaired) electrons. The maximum absolute atomic E-state index is 12.5. The normalized spacial score (nSPS) is 19.0. The monoisotopic (exact) mass is 346 g/mol. The van der Waals surface area contributed by atoms with E-state index >= 15 is 0 Å². The molecule has 1 amide bonds. The number of nitrogens with one attached hydrogen (secondary N) is 2. The van der Waals surface area contributed by atoms with Crippen molar-refractivity contribution in [2.45, 2.75) is 38.3 Å². The van der Waals surface area contributed by atoms with E-state index in [1.165, 1.54) is 0 Å². The zero-order chi connectivity index (χ0) is 16.9. The van der Waals surface area contributed by atoms with Crippen molar-refractivity contribution in [2.75, 3.05) is 13.1 Å². The second-order valence-corrected chi connectivity index (χ2v) is 6.61. The van der Waals surface area contributed by atoms with E-state index in [1.807, 2.05) is 42.1 Å². The lowest BCUT2D eigenvalue weighted by molar-refractivity contribution is 0.0929. The molecule has 2 N–H and O–H groups in total. The molecule has 2 heterocycles. The van der Waals surface area contributed by atoms with Gasteiger partial charge in [-0.05, 0) is 49.6 Å². The van der Waals surface area contributed by atoms with Gasteiger partial charge in [0, 0.05) is 17.8 Å². The number of piperidine rings is 1. The summed E-state index contributed by atoms with van der Waals surface area (Å²) < 4.78 is 1.90. The Balaban J connectivity index is 1.68. The number of nitrogens with zero attached hydrogens (tertiary/aromatic N) is 2. The Morgan fingerprint density at radius 1 is 1.50 bits per heavy atom. The lowest BCUT2D eigenvalue weighted by Crippen LogP contribution is -2.32. The van der Waals surface area contributed by atoms with Crippen molar-refractivity contribution in [3.63, 3.8) is 0 Å². The maximum Gasteiger partial charge on any atom is 0.272 e. The van der Waals surface area contributed by atoms with E-state index in [1.54, 1.807) is 6.07 Å². The minimum Gasteiger partial charge on any atom is -0.344 e. The van der Waals surface area contributed by atoms with Crippen LogP contribution in [0, 0.1) is 0 Å². The first-order valence-corrected chi connectivity index (χ1v) is 8.87. The molecule has 24 heavy (non-hydrogen) atoms. The molecule has 1 aromatic carbocycles. The summed E-state index contributed by atoms with van der Waals surface area (Å²) in [6, 6.07) is 9.65. The van der Waals surface area contributed by atoms with Crippen LogP contribution in [-0.2, 0) is 0 Å². The molecular formula is C18H23ClN4O. The van der Waals surface area contributed by atoms with Crippen LogP contribution >= 0.6 is 11.6 Å².